The molecule has 4 rings (SSSR count). The van der Waals surface area contributed by atoms with E-state index in [9.17, 15) is 21.6 Å². The molecular formula is C21H24N2O6S2. The van der Waals surface area contributed by atoms with E-state index in [1.54, 1.807) is 4.90 Å². The highest BCUT2D eigenvalue weighted by atomic mass is 32.2. The minimum absolute atomic E-state index is 0.177. The Bertz CT molecular complexity index is 1230. The van der Waals surface area contributed by atoms with Crippen molar-refractivity contribution in [2.75, 3.05) is 24.2 Å². The Balaban J connectivity index is 1.57. The number of carbonyl (C=O) groups excluding carboxylic acids is 1. The maximum Gasteiger partial charge on any atom is 0.414 e. The van der Waals surface area contributed by atoms with Crippen LogP contribution in [0.25, 0.3) is 0 Å². The van der Waals surface area contributed by atoms with E-state index in [4.69, 9.17) is 4.74 Å². The molecule has 166 valence electrons. The summed E-state index contributed by atoms with van der Waals surface area (Å²) in [6.07, 6.45) is 1.40. The van der Waals surface area contributed by atoms with Crippen LogP contribution >= 0.6 is 0 Å². The monoisotopic (exact) mass is 464 g/mol. The molecule has 0 aliphatic carbocycles. The minimum Gasteiger partial charge on any atom is -0.444 e. The molecule has 1 amide bonds. The minimum atomic E-state index is -3.99. The van der Waals surface area contributed by atoms with Gasteiger partial charge in [-0.1, -0.05) is 29.8 Å². The summed E-state index contributed by atoms with van der Waals surface area (Å²) in [5.74, 6) is 0. The van der Waals surface area contributed by atoms with Gasteiger partial charge in [-0.2, -0.15) is 4.31 Å². The predicted octanol–water partition coefficient (Wildman–Crippen LogP) is 2.71. The highest BCUT2D eigenvalue weighted by molar-refractivity contribution is 7.93. The number of fused-ring (bicyclic) bond motifs is 1. The second-order valence-electron chi connectivity index (χ2n) is 7.91. The van der Waals surface area contributed by atoms with E-state index < -0.39 is 26.0 Å². The molecule has 2 aromatic rings. The van der Waals surface area contributed by atoms with E-state index in [1.807, 2.05) is 25.1 Å². The molecule has 10 heteroatoms. The van der Waals surface area contributed by atoms with Crippen LogP contribution in [-0.4, -0.2) is 52.6 Å². The van der Waals surface area contributed by atoms with Crippen LogP contribution in [0, 0.1) is 6.92 Å². The number of sulfone groups is 1. The van der Waals surface area contributed by atoms with Crippen molar-refractivity contribution in [2.24, 2.45) is 0 Å². The Hall–Kier alpha value is -2.43. The van der Waals surface area contributed by atoms with Crippen LogP contribution in [0.3, 0.4) is 0 Å². The van der Waals surface area contributed by atoms with Crippen molar-refractivity contribution in [3.8, 4) is 0 Å². The molecule has 8 nitrogen and oxygen atoms in total. The Morgan fingerprint density at radius 2 is 1.61 bits per heavy atom. The van der Waals surface area contributed by atoms with Crippen LogP contribution < -0.4 is 4.90 Å². The number of hydrogen-bond donors (Lipinski definition) is 0. The van der Waals surface area contributed by atoms with Crippen LogP contribution in [0.4, 0.5) is 10.5 Å². The maximum absolute atomic E-state index is 13.2. The van der Waals surface area contributed by atoms with Gasteiger partial charge in [0.2, 0.25) is 10.0 Å². The number of ether oxygens (including phenoxy) is 1. The third kappa shape index (κ3) is 4.07. The van der Waals surface area contributed by atoms with Gasteiger partial charge in [0, 0.05) is 31.0 Å². The van der Waals surface area contributed by atoms with Crippen molar-refractivity contribution < 1.29 is 26.4 Å². The molecule has 0 atom stereocenters. The van der Waals surface area contributed by atoms with Gasteiger partial charge in [-0.05, 0) is 38.0 Å². The number of amides is 1. The Morgan fingerprint density at radius 3 is 2.26 bits per heavy atom. The highest BCUT2D eigenvalue weighted by Gasteiger charge is 2.38. The number of benzene rings is 2. The second kappa shape index (κ2) is 7.92. The zero-order chi connectivity index (χ0) is 22.4. The molecule has 2 heterocycles. The van der Waals surface area contributed by atoms with Crippen molar-refractivity contribution in [2.45, 2.75) is 42.2 Å². The SMILES string of the molecule is Cc1ccc2c(c1)COC(=O)N2C1CCN(S(=O)(=O)c2ccccc2S(C)(=O)=O)CC1. The first-order valence-electron chi connectivity index (χ1n) is 9.94. The third-order valence-electron chi connectivity index (χ3n) is 5.70. The summed E-state index contributed by atoms with van der Waals surface area (Å²) in [6, 6.07) is 11.3. The summed E-state index contributed by atoms with van der Waals surface area (Å²) in [5.41, 5.74) is 2.80. The van der Waals surface area contributed by atoms with Gasteiger partial charge in [0.05, 0.1) is 10.6 Å². The van der Waals surface area contributed by atoms with Crippen LogP contribution in [0.1, 0.15) is 24.0 Å². The van der Waals surface area contributed by atoms with E-state index in [0.29, 0.717) is 12.8 Å². The fourth-order valence-corrected chi connectivity index (χ4v) is 7.24. The number of aryl methyl sites for hydroxylation is 1. The molecule has 2 aliphatic heterocycles. The lowest BCUT2D eigenvalue weighted by Crippen LogP contribution is -2.50. The van der Waals surface area contributed by atoms with E-state index in [0.717, 1.165) is 23.1 Å². The third-order valence-corrected chi connectivity index (χ3v) is 8.94. The smallest absolute Gasteiger partial charge is 0.414 e. The second-order valence-corrected chi connectivity index (χ2v) is 11.8. The lowest BCUT2D eigenvalue weighted by Gasteiger charge is -2.40. The lowest BCUT2D eigenvalue weighted by atomic mass is 10.0. The molecule has 0 unspecified atom stereocenters. The zero-order valence-electron chi connectivity index (χ0n) is 17.3. The number of piperidine rings is 1. The van der Waals surface area contributed by atoms with E-state index >= 15 is 0 Å². The molecule has 31 heavy (non-hydrogen) atoms. The van der Waals surface area contributed by atoms with Gasteiger partial charge in [0.15, 0.2) is 9.84 Å². The molecule has 0 aromatic heterocycles. The number of hydrogen-bond acceptors (Lipinski definition) is 6. The van der Waals surface area contributed by atoms with Crippen molar-refractivity contribution >= 4 is 31.6 Å². The molecule has 0 saturated carbocycles. The van der Waals surface area contributed by atoms with Crippen LogP contribution in [0.15, 0.2) is 52.3 Å². The lowest BCUT2D eigenvalue weighted by molar-refractivity contribution is 0.135. The van der Waals surface area contributed by atoms with Crippen molar-refractivity contribution in [3.63, 3.8) is 0 Å². The molecule has 1 saturated heterocycles. The number of carbonyl (C=O) groups is 1. The van der Waals surface area contributed by atoms with Gasteiger partial charge < -0.3 is 4.74 Å². The van der Waals surface area contributed by atoms with Gasteiger partial charge in [-0.15, -0.1) is 0 Å². The first-order chi connectivity index (χ1) is 14.6. The van der Waals surface area contributed by atoms with E-state index in [-0.39, 0.29) is 35.5 Å². The van der Waals surface area contributed by atoms with Crippen LogP contribution in [-0.2, 0) is 31.2 Å². The number of cyclic esters (lactones) is 1. The normalized spacial score (nSPS) is 18.5. The number of rotatable bonds is 4. The molecule has 1 fully saturated rings. The molecule has 2 aliphatic rings. The average Bonchev–Trinajstić information content (AvgIpc) is 2.73. The molecular weight excluding hydrogens is 440 g/mol. The van der Waals surface area contributed by atoms with Crippen molar-refractivity contribution in [1.29, 1.82) is 0 Å². The van der Waals surface area contributed by atoms with Gasteiger partial charge in [-0.25, -0.2) is 21.6 Å². The first kappa shape index (κ1) is 21.8. The standard InChI is InChI=1S/C21H24N2O6S2/c1-15-7-8-18-16(13-15)14-29-21(24)23(18)17-9-11-22(12-10-17)31(27,28)20-6-4-3-5-19(20)30(2,25)26/h3-8,13,17H,9-12,14H2,1-2H3. The summed E-state index contributed by atoms with van der Waals surface area (Å²) >= 11 is 0. The molecule has 0 radical (unpaired) electrons. The van der Waals surface area contributed by atoms with E-state index in [2.05, 4.69) is 0 Å². The van der Waals surface area contributed by atoms with Crippen molar-refractivity contribution in [3.05, 3.63) is 53.6 Å². The highest BCUT2D eigenvalue weighted by Crippen LogP contribution is 2.34. The predicted molar refractivity (Wildman–Crippen MR) is 115 cm³/mol. The largest absolute Gasteiger partial charge is 0.444 e. The first-order valence-corrected chi connectivity index (χ1v) is 13.3. The Kier molecular flexibility index (Phi) is 5.57. The van der Waals surface area contributed by atoms with Crippen LogP contribution in [0.2, 0.25) is 0 Å². The van der Waals surface area contributed by atoms with Gasteiger partial charge in [0.25, 0.3) is 0 Å². The zero-order valence-corrected chi connectivity index (χ0v) is 18.9. The topological polar surface area (TPSA) is 101 Å². The molecule has 0 spiro atoms. The van der Waals surface area contributed by atoms with Gasteiger partial charge in [-0.3, -0.25) is 4.90 Å². The van der Waals surface area contributed by atoms with Crippen LogP contribution in [0.5, 0.6) is 0 Å². The number of sulfonamides is 1. The fraction of sp³-hybridized carbons (Fsp3) is 0.381. The quantitative estimate of drug-likeness (QED) is 0.690. The molecule has 0 N–H and O–H groups in total. The summed E-state index contributed by atoms with van der Waals surface area (Å²) < 4.78 is 57.2. The average molecular weight is 465 g/mol. The maximum atomic E-state index is 13.2. The van der Waals surface area contributed by atoms with Gasteiger partial charge in [0.1, 0.15) is 11.5 Å². The summed E-state index contributed by atoms with van der Waals surface area (Å²) in [4.78, 5) is 13.7. The van der Waals surface area contributed by atoms with E-state index in [1.165, 1.54) is 28.6 Å². The summed E-state index contributed by atoms with van der Waals surface area (Å²) in [6.45, 7) is 2.55. The molecule has 0 bridgehead atoms. The van der Waals surface area contributed by atoms with Crippen molar-refractivity contribution in [1.82, 2.24) is 4.31 Å². The Labute approximate surface area is 182 Å². The summed E-state index contributed by atoms with van der Waals surface area (Å²) in [5, 5.41) is 0. The fourth-order valence-electron chi connectivity index (χ4n) is 4.17. The number of anilines is 1. The summed E-state index contributed by atoms with van der Waals surface area (Å²) in [7, 11) is -7.69. The van der Waals surface area contributed by atoms with Gasteiger partial charge >= 0.3 is 6.09 Å². The Morgan fingerprint density at radius 1 is 0.968 bits per heavy atom. The number of nitrogens with zero attached hydrogens (tertiary/aromatic N) is 2. The molecule has 2 aromatic carbocycles.